The lowest BCUT2D eigenvalue weighted by Crippen LogP contribution is -2.37. The maximum atomic E-state index is 12.4. The number of hydrogen-bond acceptors (Lipinski definition) is 3. The van der Waals surface area contributed by atoms with E-state index in [-0.39, 0.29) is 5.91 Å². The number of hydrogen-bond donors (Lipinski definition) is 0. The minimum Gasteiger partial charge on any atom is -0.339 e. The Bertz CT molecular complexity index is 606. The molecule has 0 aromatic heterocycles. The first-order valence-corrected chi connectivity index (χ1v) is 8.28. The van der Waals surface area contributed by atoms with Crippen LogP contribution in [0.3, 0.4) is 0 Å². The van der Waals surface area contributed by atoms with Crippen molar-refractivity contribution in [2.24, 2.45) is 5.92 Å². The number of rotatable bonds is 3. The van der Waals surface area contributed by atoms with Crippen molar-refractivity contribution in [3.8, 4) is 0 Å². The summed E-state index contributed by atoms with van der Waals surface area (Å²) in [7, 11) is -4.61. The Balaban J connectivity index is 2.14. The van der Waals surface area contributed by atoms with Gasteiger partial charge in [-0.15, -0.1) is 0 Å². The third-order valence-corrected chi connectivity index (χ3v) is 5.13. The zero-order valence-electron chi connectivity index (χ0n) is 11.6. The summed E-state index contributed by atoms with van der Waals surface area (Å²) in [5.41, 5.74) is 0.317. The van der Waals surface area contributed by atoms with Gasteiger partial charge in [0.2, 0.25) is 9.84 Å². The van der Waals surface area contributed by atoms with Gasteiger partial charge in [-0.25, -0.2) is 8.42 Å². The van der Waals surface area contributed by atoms with E-state index in [1.807, 2.05) is 0 Å². The van der Waals surface area contributed by atoms with Crippen molar-refractivity contribution in [3.63, 3.8) is 0 Å². The summed E-state index contributed by atoms with van der Waals surface area (Å²) < 4.78 is 47.5. The van der Waals surface area contributed by atoms with Gasteiger partial charge >= 0.3 is 5.76 Å². The molecule has 1 aromatic carbocycles. The minimum atomic E-state index is -4.61. The quantitative estimate of drug-likeness (QED) is 0.861. The van der Waals surface area contributed by atoms with Crippen LogP contribution in [0.1, 0.15) is 30.1 Å². The number of sulfone groups is 1. The fraction of sp³-hybridized carbons (Fsp3) is 0.500. The highest BCUT2D eigenvalue weighted by Crippen LogP contribution is 2.21. The smallest absolute Gasteiger partial charge is 0.339 e. The van der Waals surface area contributed by atoms with Crippen molar-refractivity contribution in [2.45, 2.75) is 30.4 Å². The number of amides is 1. The molecule has 1 heterocycles. The highest BCUT2D eigenvalue weighted by molar-refractivity contribution is 7.91. The van der Waals surface area contributed by atoms with Crippen molar-refractivity contribution in [3.05, 3.63) is 29.8 Å². The van der Waals surface area contributed by atoms with Crippen molar-refractivity contribution in [1.29, 1.82) is 0 Å². The van der Waals surface area contributed by atoms with Gasteiger partial charge in [0.05, 0.1) is 4.90 Å². The zero-order valence-corrected chi connectivity index (χ0v) is 12.4. The lowest BCUT2D eigenvalue weighted by molar-refractivity contribution is 0.0697. The molecule has 0 saturated carbocycles. The number of nitrogens with zero attached hydrogens (tertiary/aromatic N) is 1. The molecule has 1 amide bonds. The molecule has 1 aliphatic rings. The molecule has 21 heavy (non-hydrogen) atoms. The van der Waals surface area contributed by atoms with E-state index in [2.05, 4.69) is 6.92 Å². The van der Waals surface area contributed by atoms with Gasteiger partial charge in [0, 0.05) is 18.7 Å². The molecule has 0 N–H and O–H groups in total. The number of alkyl halides is 2. The molecule has 0 radical (unpaired) electrons. The van der Waals surface area contributed by atoms with Crippen LogP contribution in [0.2, 0.25) is 0 Å². The van der Waals surface area contributed by atoms with E-state index in [0.717, 1.165) is 25.0 Å². The molecule has 0 aliphatic carbocycles. The van der Waals surface area contributed by atoms with Crippen LogP contribution in [0.25, 0.3) is 0 Å². The monoisotopic (exact) mass is 317 g/mol. The number of carbonyl (C=O) groups is 1. The predicted molar refractivity (Wildman–Crippen MR) is 73.9 cm³/mol. The van der Waals surface area contributed by atoms with Crippen LogP contribution in [0.4, 0.5) is 8.78 Å². The van der Waals surface area contributed by atoms with E-state index in [1.54, 1.807) is 4.90 Å². The molecule has 4 nitrogen and oxygen atoms in total. The fourth-order valence-corrected chi connectivity index (χ4v) is 3.01. The van der Waals surface area contributed by atoms with Gasteiger partial charge in [-0.1, -0.05) is 6.92 Å². The van der Waals surface area contributed by atoms with Gasteiger partial charge in [0.1, 0.15) is 0 Å². The number of likely N-dealkylation sites (tertiary alicyclic amines) is 1. The molecular weight excluding hydrogens is 300 g/mol. The van der Waals surface area contributed by atoms with Gasteiger partial charge in [0.15, 0.2) is 0 Å². The summed E-state index contributed by atoms with van der Waals surface area (Å²) in [6.07, 6.45) is 1.87. The van der Waals surface area contributed by atoms with Crippen molar-refractivity contribution >= 4 is 15.7 Å². The molecule has 1 fully saturated rings. The van der Waals surface area contributed by atoms with Gasteiger partial charge in [-0.05, 0) is 43.0 Å². The average Bonchev–Trinajstić information content (AvgIpc) is 2.47. The first-order valence-electron chi connectivity index (χ1n) is 6.73. The maximum absolute atomic E-state index is 12.4. The molecule has 2 rings (SSSR count). The first-order chi connectivity index (χ1) is 9.82. The van der Waals surface area contributed by atoms with Crippen LogP contribution in [-0.2, 0) is 9.84 Å². The molecule has 116 valence electrons. The van der Waals surface area contributed by atoms with E-state index in [9.17, 15) is 22.0 Å². The highest BCUT2D eigenvalue weighted by atomic mass is 32.2. The topological polar surface area (TPSA) is 54.5 Å². The van der Waals surface area contributed by atoms with E-state index in [1.165, 1.54) is 12.1 Å². The van der Waals surface area contributed by atoms with Crippen molar-refractivity contribution in [1.82, 2.24) is 4.90 Å². The number of piperidine rings is 1. The van der Waals surface area contributed by atoms with Crippen molar-refractivity contribution < 1.29 is 22.0 Å². The van der Waals surface area contributed by atoms with E-state index in [4.69, 9.17) is 0 Å². The minimum absolute atomic E-state index is 0.192. The molecule has 0 unspecified atom stereocenters. The van der Waals surface area contributed by atoms with Crippen molar-refractivity contribution in [2.75, 3.05) is 13.1 Å². The summed E-state index contributed by atoms with van der Waals surface area (Å²) >= 11 is 0. The Kier molecular flexibility index (Phi) is 4.61. The van der Waals surface area contributed by atoms with Crippen LogP contribution >= 0.6 is 0 Å². The second kappa shape index (κ2) is 6.09. The molecule has 0 bridgehead atoms. The fourth-order valence-electron chi connectivity index (χ4n) is 2.28. The molecule has 1 aromatic rings. The van der Waals surface area contributed by atoms with Crippen LogP contribution in [0.15, 0.2) is 29.2 Å². The van der Waals surface area contributed by atoms with Gasteiger partial charge in [0.25, 0.3) is 5.91 Å². The number of benzene rings is 1. The summed E-state index contributed by atoms with van der Waals surface area (Å²) in [6.45, 7) is 3.46. The Labute approximate surface area is 122 Å². The molecule has 0 spiro atoms. The SMILES string of the molecule is CC1CCN(C(=O)c2ccc(S(=O)(=O)C(F)F)cc2)CC1. The summed E-state index contributed by atoms with van der Waals surface area (Å²) in [4.78, 5) is 13.5. The second-order valence-corrected chi connectivity index (χ2v) is 7.22. The predicted octanol–water partition coefficient (Wildman–Crippen LogP) is 2.56. The average molecular weight is 317 g/mol. The molecule has 7 heteroatoms. The van der Waals surface area contributed by atoms with Gasteiger partial charge in [-0.3, -0.25) is 4.79 Å². The van der Waals surface area contributed by atoms with Gasteiger partial charge in [-0.2, -0.15) is 8.78 Å². The lowest BCUT2D eigenvalue weighted by Gasteiger charge is -2.30. The summed E-state index contributed by atoms with van der Waals surface area (Å²) in [5.74, 6) is -3.06. The third-order valence-electron chi connectivity index (χ3n) is 3.74. The highest BCUT2D eigenvalue weighted by Gasteiger charge is 2.27. The number of carbonyl (C=O) groups excluding carboxylic acids is 1. The lowest BCUT2D eigenvalue weighted by atomic mass is 9.98. The normalized spacial score (nSPS) is 17.2. The van der Waals surface area contributed by atoms with E-state index < -0.39 is 20.5 Å². The largest absolute Gasteiger partial charge is 0.341 e. The Morgan fingerprint density at radius 2 is 1.71 bits per heavy atom. The first kappa shape index (κ1) is 15.9. The van der Waals surface area contributed by atoms with Crippen LogP contribution in [0.5, 0.6) is 0 Å². The molecule has 1 aliphatic heterocycles. The van der Waals surface area contributed by atoms with E-state index in [0.29, 0.717) is 24.6 Å². The molecule has 1 saturated heterocycles. The van der Waals surface area contributed by atoms with E-state index >= 15 is 0 Å². The number of halogens is 2. The Morgan fingerprint density at radius 1 is 1.19 bits per heavy atom. The second-order valence-electron chi connectivity index (χ2n) is 5.30. The maximum Gasteiger partial charge on any atom is 0.341 e. The van der Waals surface area contributed by atoms with Crippen LogP contribution < -0.4 is 0 Å². The Hall–Kier alpha value is -1.50. The zero-order chi connectivity index (χ0) is 15.6. The molecular formula is C14H17F2NO3S. The standard InChI is InChI=1S/C14H17F2NO3S/c1-10-6-8-17(9-7-10)13(18)11-2-4-12(5-3-11)21(19,20)14(15)16/h2-5,10,14H,6-9H2,1H3. The van der Waals surface area contributed by atoms with Crippen LogP contribution in [0, 0.1) is 5.92 Å². The third kappa shape index (κ3) is 3.40. The van der Waals surface area contributed by atoms with Gasteiger partial charge < -0.3 is 4.90 Å². The summed E-state index contributed by atoms with van der Waals surface area (Å²) in [5, 5.41) is 0. The Morgan fingerprint density at radius 3 is 2.19 bits per heavy atom. The van der Waals surface area contributed by atoms with Crippen LogP contribution in [-0.4, -0.2) is 38.1 Å². The summed E-state index contributed by atoms with van der Waals surface area (Å²) in [6, 6.07) is 4.69. The molecule has 0 atom stereocenters.